The second kappa shape index (κ2) is 8.09. The standard InChI is InChI=1S/C18H17ClN4OS/c1-12-16(25-17(22-12)13-5-8-20-9-6-13)7-10-21-18(24)23-15-4-2-3-14(19)11-15/h2-6,8-9,11H,7,10H2,1H3,(H2,21,23,24). The van der Waals surface area contributed by atoms with Crippen molar-refractivity contribution in [2.75, 3.05) is 11.9 Å². The average molecular weight is 373 g/mol. The minimum Gasteiger partial charge on any atom is -0.338 e. The highest BCUT2D eigenvalue weighted by Gasteiger charge is 2.10. The molecule has 2 amide bonds. The number of hydrogen-bond acceptors (Lipinski definition) is 4. The summed E-state index contributed by atoms with van der Waals surface area (Å²) in [6.45, 7) is 2.52. The zero-order valence-corrected chi connectivity index (χ0v) is 15.2. The smallest absolute Gasteiger partial charge is 0.319 e. The normalized spacial score (nSPS) is 10.5. The first kappa shape index (κ1) is 17.4. The van der Waals surface area contributed by atoms with Crippen LogP contribution in [0.5, 0.6) is 0 Å². The minimum atomic E-state index is -0.251. The lowest BCUT2D eigenvalue weighted by Gasteiger charge is -2.07. The van der Waals surface area contributed by atoms with Gasteiger partial charge in [0.05, 0.1) is 5.69 Å². The molecule has 0 aliphatic carbocycles. The summed E-state index contributed by atoms with van der Waals surface area (Å²) in [6, 6.07) is 10.7. The maximum Gasteiger partial charge on any atom is 0.319 e. The van der Waals surface area contributed by atoms with Crippen molar-refractivity contribution in [2.24, 2.45) is 0 Å². The molecule has 0 saturated carbocycles. The number of thiazole rings is 1. The summed E-state index contributed by atoms with van der Waals surface area (Å²) in [7, 11) is 0. The van der Waals surface area contributed by atoms with Crippen LogP contribution in [0.4, 0.5) is 10.5 Å². The number of carbonyl (C=O) groups excluding carboxylic acids is 1. The summed E-state index contributed by atoms with van der Waals surface area (Å²) >= 11 is 7.54. The second-order valence-electron chi connectivity index (χ2n) is 5.40. The van der Waals surface area contributed by atoms with Crippen LogP contribution < -0.4 is 10.6 Å². The predicted octanol–water partition coefficient (Wildman–Crippen LogP) is 4.53. The van der Waals surface area contributed by atoms with Crippen molar-refractivity contribution in [3.8, 4) is 10.6 Å². The number of amides is 2. The maximum absolute atomic E-state index is 11.9. The summed E-state index contributed by atoms with van der Waals surface area (Å²) in [5, 5.41) is 7.17. The molecule has 0 unspecified atom stereocenters. The summed E-state index contributed by atoms with van der Waals surface area (Å²) in [5.74, 6) is 0. The molecule has 128 valence electrons. The van der Waals surface area contributed by atoms with Crippen LogP contribution in [0.3, 0.4) is 0 Å². The van der Waals surface area contributed by atoms with E-state index in [9.17, 15) is 4.79 Å². The van der Waals surface area contributed by atoms with Crippen molar-refractivity contribution in [3.05, 3.63) is 64.4 Å². The van der Waals surface area contributed by atoms with Gasteiger partial charge < -0.3 is 10.6 Å². The highest BCUT2D eigenvalue weighted by atomic mass is 35.5. The molecule has 0 bridgehead atoms. The Kier molecular flexibility index (Phi) is 5.63. The van der Waals surface area contributed by atoms with Gasteiger partial charge in [-0.25, -0.2) is 9.78 Å². The number of halogens is 1. The lowest BCUT2D eigenvalue weighted by molar-refractivity contribution is 0.252. The summed E-state index contributed by atoms with van der Waals surface area (Å²) in [4.78, 5) is 21.7. The Morgan fingerprint density at radius 2 is 2.04 bits per heavy atom. The van der Waals surface area contributed by atoms with E-state index in [1.54, 1.807) is 48.0 Å². The number of rotatable bonds is 5. The molecule has 0 aliphatic heterocycles. The van der Waals surface area contributed by atoms with Crippen LogP contribution in [0.15, 0.2) is 48.8 Å². The fraction of sp³-hybridized carbons (Fsp3) is 0.167. The van der Waals surface area contributed by atoms with E-state index in [0.29, 0.717) is 17.3 Å². The van der Waals surface area contributed by atoms with E-state index >= 15 is 0 Å². The van der Waals surface area contributed by atoms with Gasteiger partial charge >= 0.3 is 6.03 Å². The third kappa shape index (κ3) is 4.78. The van der Waals surface area contributed by atoms with Gasteiger partial charge in [0, 0.05) is 46.5 Å². The quantitative estimate of drug-likeness (QED) is 0.691. The van der Waals surface area contributed by atoms with E-state index in [0.717, 1.165) is 27.6 Å². The van der Waals surface area contributed by atoms with Gasteiger partial charge in [0.2, 0.25) is 0 Å². The largest absolute Gasteiger partial charge is 0.338 e. The zero-order chi connectivity index (χ0) is 17.6. The number of urea groups is 1. The second-order valence-corrected chi connectivity index (χ2v) is 6.92. The van der Waals surface area contributed by atoms with Gasteiger partial charge in [-0.2, -0.15) is 0 Å². The van der Waals surface area contributed by atoms with Crippen LogP contribution in [0.1, 0.15) is 10.6 Å². The lowest BCUT2D eigenvalue weighted by Crippen LogP contribution is -2.30. The molecule has 2 aromatic heterocycles. The Morgan fingerprint density at radius 3 is 2.80 bits per heavy atom. The molecule has 0 atom stereocenters. The molecule has 3 rings (SSSR count). The SMILES string of the molecule is Cc1nc(-c2ccncc2)sc1CCNC(=O)Nc1cccc(Cl)c1. The van der Waals surface area contributed by atoms with Crippen LogP contribution in [-0.2, 0) is 6.42 Å². The Morgan fingerprint density at radius 1 is 1.24 bits per heavy atom. The molecular weight excluding hydrogens is 356 g/mol. The van der Waals surface area contributed by atoms with Crippen molar-refractivity contribution in [1.29, 1.82) is 0 Å². The van der Waals surface area contributed by atoms with Gasteiger partial charge in [0.25, 0.3) is 0 Å². The molecule has 0 fully saturated rings. The van der Waals surface area contributed by atoms with Crippen LogP contribution >= 0.6 is 22.9 Å². The Bertz CT molecular complexity index is 867. The lowest BCUT2D eigenvalue weighted by atomic mass is 10.3. The number of pyridine rings is 1. The number of nitrogens with zero attached hydrogens (tertiary/aromatic N) is 2. The van der Waals surface area contributed by atoms with Crippen molar-refractivity contribution in [2.45, 2.75) is 13.3 Å². The van der Waals surface area contributed by atoms with Crippen molar-refractivity contribution in [1.82, 2.24) is 15.3 Å². The summed E-state index contributed by atoms with van der Waals surface area (Å²) < 4.78 is 0. The van der Waals surface area contributed by atoms with E-state index < -0.39 is 0 Å². The van der Waals surface area contributed by atoms with Gasteiger partial charge in [-0.05, 0) is 37.3 Å². The minimum absolute atomic E-state index is 0.251. The average Bonchev–Trinajstić information content (AvgIpc) is 2.97. The van der Waals surface area contributed by atoms with Crippen LogP contribution in [-0.4, -0.2) is 22.5 Å². The Balaban J connectivity index is 1.54. The first-order valence-corrected chi connectivity index (χ1v) is 8.98. The first-order chi connectivity index (χ1) is 12.1. The number of benzene rings is 1. The van der Waals surface area contributed by atoms with Crippen molar-refractivity contribution >= 4 is 34.7 Å². The molecule has 3 aromatic rings. The van der Waals surface area contributed by atoms with Gasteiger partial charge in [-0.15, -0.1) is 11.3 Å². The molecule has 25 heavy (non-hydrogen) atoms. The number of aromatic nitrogens is 2. The highest BCUT2D eigenvalue weighted by Crippen LogP contribution is 2.27. The fourth-order valence-electron chi connectivity index (χ4n) is 2.31. The summed E-state index contributed by atoms with van der Waals surface area (Å²) in [5.41, 5.74) is 2.72. The van der Waals surface area contributed by atoms with E-state index in [4.69, 9.17) is 11.6 Å². The zero-order valence-electron chi connectivity index (χ0n) is 13.6. The monoisotopic (exact) mass is 372 g/mol. The van der Waals surface area contributed by atoms with Crippen LogP contribution in [0, 0.1) is 6.92 Å². The van der Waals surface area contributed by atoms with Crippen molar-refractivity contribution < 1.29 is 4.79 Å². The summed E-state index contributed by atoms with van der Waals surface area (Å²) in [6.07, 6.45) is 4.25. The fourth-order valence-corrected chi connectivity index (χ4v) is 3.57. The first-order valence-electron chi connectivity index (χ1n) is 7.79. The number of hydrogen-bond donors (Lipinski definition) is 2. The molecule has 0 spiro atoms. The third-order valence-corrected chi connectivity index (χ3v) is 5.04. The van der Waals surface area contributed by atoms with E-state index in [-0.39, 0.29) is 6.03 Å². The highest BCUT2D eigenvalue weighted by molar-refractivity contribution is 7.15. The molecule has 2 heterocycles. The molecule has 7 heteroatoms. The Hall–Kier alpha value is -2.44. The molecule has 2 N–H and O–H groups in total. The number of carbonyl (C=O) groups is 1. The molecule has 5 nitrogen and oxygen atoms in total. The molecule has 1 aromatic carbocycles. The van der Waals surface area contributed by atoms with Crippen LogP contribution in [0.2, 0.25) is 5.02 Å². The van der Waals surface area contributed by atoms with Gasteiger partial charge in [-0.1, -0.05) is 17.7 Å². The number of nitrogens with one attached hydrogen (secondary N) is 2. The van der Waals surface area contributed by atoms with Crippen molar-refractivity contribution in [3.63, 3.8) is 0 Å². The number of anilines is 1. The third-order valence-electron chi connectivity index (χ3n) is 3.54. The molecule has 0 saturated heterocycles. The maximum atomic E-state index is 11.9. The van der Waals surface area contributed by atoms with Gasteiger partial charge in [0.15, 0.2) is 0 Å². The number of aryl methyl sites for hydroxylation is 1. The van der Waals surface area contributed by atoms with Gasteiger partial charge in [0.1, 0.15) is 5.01 Å². The van der Waals surface area contributed by atoms with E-state index in [1.165, 1.54) is 0 Å². The molecular formula is C18H17ClN4OS. The van der Waals surface area contributed by atoms with Crippen LogP contribution in [0.25, 0.3) is 10.6 Å². The Labute approximate surface area is 155 Å². The van der Waals surface area contributed by atoms with E-state index in [1.807, 2.05) is 19.1 Å². The van der Waals surface area contributed by atoms with Gasteiger partial charge in [-0.3, -0.25) is 4.98 Å². The van der Waals surface area contributed by atoms with E-state index in [2.05, 4.69) is 20.6 Å². The molecule has 0 aliphatic rings. The topological polar surface area (TPSA) is 66.9 Å². The predicted molar refractivity (Wildman–Crippen MR) is 102 cm³/mol. The molecule has 0 radical (unpaired) electrons.